The van der Waals surface area contributed by atoms with E-state index in [2.05, 4.69) is 289 Å². The molecule has 11 aromatic carbocycles. The number of fused-ring (bicyclic) bond motifs is 5. The van der Waals surface area contributed by atoms with Gasteiger partial charge in [-0.15, -0.1) is 0 Å². The monoisotopic (exact) mass is 854 g/mol. The van der Waals surface area contributed by atoms with Gasteiger partial charge in [0.2, 0.25) is 0 Å². The Labute approximate surface area is 393 Å². The number of hydrogen-bond donors (Lipinski definition) is 0. The predicted octanol–water partition coefficient (Wildman–Crippen LogP) is 17.5. The van der Waals surface area contributed by atoms with Crippen molar-refractivity contribution in [2.24, 2.45) is 0 Å². The van der Waals surface area contributed by atoms with E-state index < -0.39 is 5.41 Å². The fourth-order valence-corrected chi connectivity index (χ4v) is 10.5. The lowest BCUT2D eigenvalue weighted by Gasteiger charge is -2.36. The zero-order valence-corrected chi connectivity index (χ0v) is 37.0. The molecule has 0 unspecified atom stereocenters. The molecule has 316 valence electrons. The summed E-state index contributed by atoms with van der Waals surface area (Å²) in [7, 11) is 0. The lowest BCUT2D eigenvalue weighted by Crippen LogP contribution is -2.29. The summed E-state index contributed by atoms with van der Waals surface area (Å²) in [4.78, 5) is 4.85. The van der Waals surface area contributed by atoms with Gasteiger partial charge in [-0.2, -0.15) is 0 Å². The van der Waals surface area contributed by atoms with Crippen LogP contribution >= 0.6 is 0 Å². The summed E-state index contributed by atoms with van der Waals surface area (Å²) in [6.07, 6.45) is 0. The zero-order valence-electron chi connectivity index (χ0n) is 37.0. The second-order valence-corrected chi connectivity index (χ2v) is 17.2. The molecule has 11 aromatic rings. The van der Waals surface area contributed by atoms with Crippen LogP contribution in [0.25, 0.3) is 44.2 Å². The summed E-state index contributed by atoms with van der Waals surface area (Å²) in [5.74, 6) is 0. The molecule has 2 nitrogen and oxygen atoms in total. The van der Waals surface area contributed by atoms with Gasteiger partial charge in [0.1, 0.15) is 0 Å². The lowest BCUT2D eigenvalue weighted by atomic mass is 9.67. The summed E-state index contributed by atoms with van der Waals surface area (Å²) in [5, 5.41) is 2.40. The quantitative estimate of drug-likeness (QED) is 0.135. The van der Waals surface area contributed by atoms with Crippen molar-refractivity contribution in [3.63, 3.8) is 0 Å². The number of rotatable bonds is 10. The Morgan fingerprint density at radius 1 is 0.254 bits per heavy atom. The van der Waals surface area contributed by atoms with Crippen molar-refractivity contribution >= 4 is 44.9 Å². The molecular weight excluding hydrogens is 809 g/mol. The molecule has 0 aromatic heterocycles. The molecule has 0 N–H and O–H groups in total. The van der Waals surface area contributed by atoms with E-state index in [0.717, 1.165) is 34.1 Å². The van der Waals surface area contributed by atoms with Crippen molar-refractivity contribution in [2.75, 3.05) is 9.80 Å². The summed E-state index contributed by atoms with van der Waals surface area (Å²) < 4.78 is 0. The third-order valence-electron chi connectivity index (χ3n) is 13.5. The van der Waals surface area contributed by atoms with Crippen molar-refractivity contribution in [2.45, 2.75) is 5.41 Å². The summed E-state index contributed by atoms with van der Waals surface area (Å²) in [6, 6.07) is 102. The largest absolute Gasteiger partial charge is 0.310 e. The molecule has 0 amide bonds. The Morgan fingerprint density at radius 2 is 0.627 bits per heavy atom. The maximum absolute atomic E-state index is 2.51. The molecule has 0 aliphatic heterocycles. The topological polar surface area (TPSA) is 6.48 Å². The first kappa shape index (κ1) is 39.8. The second-order valence-electron chi connectivity index (χ2n) is 17.2. The highest BCUT2D eigenvalue weighted by atomic mass is 15.1. The van der Waals surface area contributed by atoms with Crippen LogP contribution in [0.1, 0.15) is 22.3 Å². The summed E-state index contributed by atoms with van der Waals surface area (Å²) >= 11 is 0. The van der Waals surface area contributed by atoms with Crippen LogP contribution in [0.15, 0.2) is 279 Å². The smallest absolute Gasteiger partial charge is 0.0715 e. The second kappa shape index (κ2) is 17.0. The Bertz CT molecular complexity index is 3300. The molecule has 0 atom stereocenters. The van der Waals surface area contributed by atoms with Gasteiger partial charge in [-0.3, -0.25) is 0 Å². The van der Waals surface area contributed by atoms with Gasteiger partial charge in [0.05, 0.1) is 11.1 Å². The van der Waals surface area contributed by atoms with E-state index in [-0.39, 0.29) is 0 Å². The van der Waals surface area contributed by atoms with Crippen LogP contribution < -0.4 is 9.80 Å². The van der Waals surface area contributed by atoms with Gasteiger partial charge in [-0.1, -0.05) is 212 Å². The molecule has 12 rings (SSSR count). The molecule has 1 aliphatic rings. The molecule has 2 heteroatoms. The predicted molar refractivity (Wildman–Crippen MR) is 281 cm³/mol. The molecule has 0 fully saturated rings. The van der Waals surface area contributed by atoms with Gasteiger partial charge >= 0.3 is 0 Å². The first-order valence-electron chi connectivity index (χ1n) is 23.1. The number of benzene rings is 11. The fourth-order valence-electron chi connectivity index (χ4n) is 10.5. The van der Waals surface area contributed by atoms with Crippen molar-refractivity contribution in [1.82, 2.24) is 0 Å². The molecule has 0 heterocycles. The minimum atomic E-state index is -0.680. The summed E-state index contributed by atoms with van der Waals surface area (Å²) in [5.41, 5.74) is 18.1. The van der Waals surface area contributed by atoms with Gasteiger partial charge in [0.25, 0.3) is 0 Å². The molecule has 67 heavy (non-hydrogen) atoms. The third-order valence-corrected chi connectivity index (χ3v) is 13.5. The van der Waals surface area contributed by atoms with E-state index >= 15 is 0 Å². The van der Waals surface area contributed by atoms with Gasteiger partial charge in [0.15, 0.2) is 0 Å². The average Bonchev–Trinajstić information content (AvgIpc) is 3.71. The van der Waals surface area contributed by atoms with Gasteiger partial charge in [-0.05, 0) is 128 Å². The average molecular weight is 855 g/mol. The Hall–Kier alpha value is -8.72. The molecule has 0 saturated heterocycles. The maximum Gasteiger partial charge on any atom is 0.0715 e. The molecule has 0 spiro atoms. The van der Waals surface area contributed by atoms with Crippen LogP contribution in [0.4, 0.5) is 34.1 Å². The van der Waals surface area contributed by atoms with E-state index in [9.17, 15) is 0 Å². The SMILES string of the molecule is c1ccc(-c2ccc(N(c3ccc(-c4ccccc4)cc3)c3cc4c(c5ccccc35)-c3ccc(N(c5ccccc5)c5ccccc5)cc3C4(c3ccccc3)c3ccccc3)cc2)cc1. The maximum atomic E-state index is 2.51. The Morgan fingerprint density at radius 3 is 1.10 bits per heavy atom. The Balaban J connectivity index is 1.15. The van der Waals surface area contributed by atoms with Gasteiger partial charge in [-0.25, -0.2) is 0 Å². The number of nitrogens with zero attached hydrogens (tertiary/aromatic N) is 2. The molecule has 1 aliphatic carbocycles. The minimum absolute atomic E-state index is 0.680. The molecular formula is C65H46N2. The van der Waals surface area contributed by atoms with Crippen LogP contribution in [-0.4, -0.2) is 0 Å². The Kier molecular flexibility index (Phi) is 10.1. The van der Waals surface area contributed by atoms with Crippen LogP contribution in [-0.2, 0) is 5.41 Å². The third kappa shape index (κ3) is 6.90. The van der Waals surface area contributed by atoms with E-state index in [0.29, 0.717) is 0 Å². The normalized spacial score (nSPS) is 12.3. The van der Waals surface area contributed by atoms with E-state index in [1.54, 1.807) is 0 Å². The number of hydrogen-bond acceptors (Lipinski definition) is 2. The van der Waals surface area contributed by atoms with Gasteiger partial charge < -0.3 is 9.80 Å². The highest BCUT2D eigenvalue weighted by Crippen LogP contribution is 2.60. The summed E-state index contributed by atoms with van der Waals surface area (Å²) in [6.45, 7) is 0. The van der Waals surface area contributed by atoms with Crippen molar-refractivity contribution in [3.05, 3.63) is 301 Å². The number of anilines is 6. The molecule has 0 radical (unpaired) electrons. The van der Waals surface area contributed by atoms with Gasteiger partial charge in [0, 0.05) is 33.8 Å². The van der Waals surface area contributed by atoms with Crippen molar-refractivity contribution in [1.29, 1.82) is 0 Å². The lowest BCUT2D eigenvalue weighted by molar-refractivity contribution is 0.769. The van der Waals surface area contributed by atoms with Crippen LogP contribution in [0.2, 0.25) is 0 Å². The van der Waals surface area contributed by atoms with Crippen LogP contribution in [0.5, 0.6) is 0 Å². The van der Waals surface area contributed by atoms with E-state index in [1.165, 1.54) is 66.4 Å². The highest BCUT2D eigenvalue weighted by molar-refractivity contribution is 6.11. The van der Waals surface area contributed by atoms with Crippen LogP contribution in [0, 0.1) is 0 Å². The van der Waals surface area contributed by atoms with Crippen molar-refractivity contribution in [3.8, 4) is 33.4 Å². The fraction of sp³-hybridized carbons (Fsp3) is 0.0154. The first-order valence-corrected chi connectivity index (χ1v) is 23.1. The molecule has 0 saturated carbocycles. The zero-order chi connectivity index (χ0) is 44.6. The van der Waals surface area contributed by atoms with Crippen molar-refractivity contribution < 1.29 is 0 Å². The van der Waals surface area contributed by atoms with E-state index in [4.69, 9.17) is 0 Å². The first-order chi connectivity index (χ1) is 33.3. The standard InChI is InChI=1S/C65H46N2/c1-7-21-47(22-8-1)49-35-39-55(40-36-49)67(56-41-37-50(38-42-56)48-23-9-2-10-24-48)63-46-62-64(59-34-20-19-33-58(59)63)60-44-43-57(66(53-29-15-5-16-30-53)54-31-17-6-18-32-54)45-61(60)65(62,51-25-11-3-12-26-51)52-27-13-4-14-28-52/h1-46H. The number of para-hydroxylation sites is 2. The molecule has 0 bridgehead atoms. The highest BCUT2D eigenvalue weighted by Gasteiger charge is 2.48. The van der Waals surface area contributed by atoms with Crippen LogP contribution in [0.3, 0.4) is 0 Å². The van der Waals surface area contributed by atoms with E-state index in [1.807, 2.05) is 0 Å². The minimum Gasteiger partial charge on any atom is -0.310 e.